The van der Waals surface area contributed by atoms with E-state index in [2.05, 4.69) is 74.6 Å². The molecule has 0 aromatic carbocycles. The maximum atomic E-state index is 12.6. The quantitative estimate of drug-likeness (QED) is 0.0239. The number of hydrogen-bond acceptors (Lipinski definition) is 8. The molecule has 0 saturated carbocycles. The zero-order valence-corrected chi connectivity index (χ0v) is 36.5. The Morgan fingerprint density at radius 2 is 1.02 bits per heavy atom. The molecule has 0 rings (SSSR count). The predicted octanol–water partition coefficient (Wildman–Crippen LogP) is 12.4. The number of esters is 1. The largest absolute Gasteiger partial charge is 0.472 e. The molecule has 0 aromatic rings. The van der Waals surface area contributed by atoms with E-state index in [9.17, 15) is 19.4 Å². The predicted molar refractivity (Wildman–Crippen MR) is 233 cm³/mol. The number of phosphoric ester groups is 1. The molecule has 3 N–H and O–H groups in total. The maximum Gasteiger partial charge on any atom is 0.472 e. The second-order valence-corrected chi connectivity index (χ2v) is 16.1. The molecule has 0 heterocycles. The van der Waals surface area contributed by atoms with Crippen molar-refractivity contribution < 1.29 is 43.0 Å². The van der Waals surface area contributed by atoms with Gasteiger partial charge in [-0.05, 0) is 57.8 Å². The zero-order chi connectivity index (χ0) is 41.1. The van der Waals surface area contributed by atoms with Crippen molar-refractivity contribution in [2.75, 3.05) is 33.0 Å². The number of phosphoric acid groups is 1. The van der Waals surface area contributed by atoms with Gasteiger partial charge in [0.2, 0.25) is 0 Å². The van der Waals surface area contributed by atoms with Crippen molar-refractivity contribution in [3.8, 4) is 0 Å². The van der Waals surface area contributed by atoms with Crippen molar-refractivity contribution in [2.24, 2.45) is 0 Å². The van der Waals surface area contributed by atoms with Crippen LogP contribution in [0, 0.1) is 0 Å². The number of carbonyl (C=O) groups excluding carboxylic acids is 1. The molecule has 0 fully saturated rings. The van der Waals surface area contributed by atoms with E-state index >= 15 is 0 Å². The summed E-state index contributed by atoms with van der Waals surface area (Å²) in [6.45, 7) is 3.37. The maximum absolute atomic E-state index is 12.6. The van der Waals surface area contributed by atoms with Gasteiger partial charge in [-0.15, -0.1) is 0 Å². The highest BCUT2D eigenvalue weighted by Gasteiger charge is 2.26. The van der Waals surface area contributed by atoms with Gasteiger partial charge in [-0.25, -0.2) is 4.57 Å². The number of carbonyl (C=O) groups is 1. The van der Waals surface area contributed by atoms with Crippen LogP contribution in [0.15, 0.2) is 60.8 Å². The summed E-state index contributed by atoms with van der Waals surface area (Å²) in [5.41, 5.74) is 0. The normalized spacial score (nSPS) is 14.6. The lowest BCUT2D eigenvalue weighted by atomic mass is 10.0. The third-order valence-corrected chi connectivity index (χ3v) is 10.2. The average Bonchev–Trinajstić information content (AvgIpc) is 3.19. The lowest BCUT2D eigenvalue weighted by Gasteiger charge is -2.20. The first-order valence-corrected chi connectivity index (χ1v) is 23.8. The molecule has 0 aromatic heterocycles. The molecule has 0 amide bonds. The van der Waals surface area contributed by atoms with Crippen LogP contribution in [0.1, 0.15) is 181 Å². The Bertz CT molecular complexity index is 1060. The first kappa shape index (κ1) is 54.2. The lowest BCUT2D eigenvalue weighted by Crippen LogP contribution is -2.29. The highest BCUT2D eigenvalue weighted by atomic mass is 31.2. The molecule has 3 unspecified atom stereocenters. The number of hydrogen-bond donors (Lipinski definition) is 3. The number of rotatable bonds is 42. The van der Waals surface area contributed by atoms with E-state index in [4.69, 9.17) is 23.6 Å². The number of allylic oxidation sites excluding steroid dienone is 10. The fraction of sp³-hybridized carbons (Fsp3) is 0.761. The third-order valence-electron chi connectivity index (χ3n) is 9.22. The van der Waals surface area contributed by atoms with E-state index in [-0.39, 0.29) is 13.0 Å². The van der Waals surface area contributed by atoms with Gasteiger partial charge in [0, 0.05) is 13.0 Å². The van der Waals surface area contributed by atoms with E-state index in [1.807, 2.05) is 0 Å². The van der Waals surface area contributed by atoms with Crippen LogP contribution in [0.3, 0.4) is 0 Å². The molecule has 3 atom stereocenters. The summed E-state index contributed by atoms with van der Waals surface area (Å²) in [5, 5.41) is 18.4. The molecule has 326 valence electrons. The van der Waals surface area contributed by atoms with Crippen LogP contribution < -0.4 is 0 Å². The fourth-order valence-corrected chi connectivity index (χ4v) is 6.64. The standard InChI is InChI=1S/C46H83O9P/c1-3-5-7-9-11-13-15-17-19-21-22-23-24-26-28-30-32-34-36-38-46(49)55-45(43-54-56(50,51)53-41-44(48)40-47)42-52-39-37-35-33-31-29-27-25-20-18-16-14-12-10-8-6-4-2/h5,7,11,13,17,19,22-23,26,28,44-45,47-48H,3-4,6,8-10,12,14-16,18,20-21,24-25,27,29-43H2,1-2H3,(H,50,51)/b7-5-,13-11-,19-17-,23-22-,28-26-. The summed E-state index contributed by atoms with van der Waals surface area (Å²) in [5.74, 6) is -0.413. The summed E-state index contributed by atoms with van der Waals surface area (Å²) in [4.78, 5) is 22.6. The first-order chi connectivity index (χ1) is 27.3. The average molecular weight is 811 g/mol. The SMILES string of the molecule is CC/C=C\C/C=C\C/C=C\C/C=C\C/C=C\CCCCCC(=O)OC(COCCCCCCCCCCCCCCCCCC)COP(=O)(O)OCC(O)CO. The highest BCUT2D eigenvalue weighted by molar-refractivity contribution is 7.47. The molecule has 0 radical (unpaired) electrons. The van der Waals surface area contributed by atoms with Crippen molar-refractivity contribution in [1.82, 2.24) is 0 Å². The van der Waals surface area contributed by atoms with Gasteiger partial charge in [0.25, 0.3) is 0 Å². The van der Waals surface area contributed by atoms with E-state index < -0.39 is 45.8 Å². The van der Waals surface area contributed by atoms with Gasteiger partial charge in [0.15, 0.2) is 0 Å². The smallest absolute Gasteiger partial charge is 0.457 e. The van der Waals surface area contributed by atoms with Crippen LogP contribution >= 0.6 is 7.82 Å². The molecule has 0 aliphatic carbocycles. The Hall–Kier alpha value is -1.84. The van der Waals surface area contributed by atoms with Crippen molar-refractivity contribution in [2.45, 2.75) is 193 Å². The Morgan fingerprint density at radius 3 is 1.52 bits per heavy atom. The molecule has 9 nitrogen and oxygen atoms in total. The van der Waals surface area contributed by atoms with E-state index in [0.717, 1.165) is 70.6 Å². The van der Waals surface area contributed by atoms with Gasteiger partial charge in [0.1, 0.15) is 12.2 Å². The van der Waals surface area contributed by atoms with Gasteiger partial charge in [-0.3, -0.25) is 13.8 Å². The van der Waals surface area contributed by atoms with E-state index in [1.54, 1.807) is 0 Å². The minimum absolute atomic E-state index is 0.0355. The Morgan fingerprint density at radius 1 is 0.571 bits per heavy atom. The minimum Gasteiger partial charge on any atom is -0.457 e. The van der Waals surface area contributed by atoms with Crippen LogP contribution in [-0.2, 0) is 27.9 Å². The van der Waals surface area contributed by atoms with Gasteiger partial charge in [-0.1, -0.05) is 177 Å². The second kappa shape index (κ2) is 42.8. The summed E-state index contributed by atoms with van der Waals surface area (Å²) in [7, 11) is -4.53. The van der Waals surface area contributed by atoms with Gasteiger partial charge in [-0.2, -0.15) is 0 Å². The van der Waals surface area contributed by atoms with Crippen molar-refractivity contribution >= 4 is 13.8 Å². The number of ether oxygens (including phenoxy) is 2. The molecule has 0 spiro atoms. The molecule has 0 bridgehead atoms. The third kappa shape index (κ3) is 41.8. The van der Waals surface area contributed by atoms with Gasteiger partial charge >= 0.3 is 13.8 Å². The Balaban J connectivity index is 4.23. The highest BCUT2D eigenvalue weighted by Crippen LogP contribution is 2.43. The fourth-order valence-electron chi connectivity index (χ4n) is 5.85. The molecular weight excluding hydrogens is 727 g/mol. The molecule has 0 aliphatic heterocycles. The zero-order valence-electron chi connectivity index (χ0n) is 35.6. The summed E-state index contributed by atoms with van der Waals surface area (Å²) in [6.07, 6.45) is 48.9. The van der Waals surface area contributed by atoms with Crippen LogP contribution in [-0.4, -0.2) is 66.3 Å². The summed E-state index contributed by atoms with van der Waals surface area (Å²) < 4.78 is 33.4. The van der Waals surface area contributed by atoms with Crippen LogP contribution in [0.5, 0.6) is 0 Å². The van der Waals surface area contributed by atoms with Crippen LogP contribution in [0.2, 0.25) is 0 Å². The van der Waals surface area contributed by atoms with Gasteiger partial charge < -0.3 is 24.6 Å². The van der Waals surface area contributed by atoms with Crippen LogP contribution in [0.25, 0.3) is 0 Å². The topological polar surface area (TPSA) is 132 Å². The Kier molecular flexibility index (Phi) is 41.4. The van der Waals surface area contributed by atoms with Crippen LogP contribution in [0.4, 0.5) is 0 Å². The molecule has 0 aliphatic rings. The lowest BCUT2D eigenvalue weighted by molar-refractivity contribution is -0.154. The first-order valence-electron chi connectivity index (χ1n) is 22.3. The summed E-state index contributed by atoms with van der Waals surface area (Å²) in [6, 6.07) is 0. The number of unbranched alkanes of at least 4 members (excludes halogenated alkanes) is 18. The van der Waals surface area contributed by atoms with Crippen molar-refractivity contribution in [3.05, 3.63) is 60.8 Å². The number of aliphatic hydroxyl groups excluding tert-OH is 2. The molecular formula is C46H83O9P. The second-order valence-electron chi connectivity index (χ2n) is 14.7. The van der Waals surface area contributed by atoms with E-state index in [0.29, 0.717) is 13.0 Å². The van der Waals surface area contributed by atoms with Gasteiger partial charge in [0.05, 0.1) is 26.4 Å². The molecule has 0 saturated heterocycles. The van der Waals surface area contributed by atoms with E-state index in [1.165, 1.54) is 83.5 Å². The molecule has 10 heteroatoms. The summed E-state index contributed by atoms with van der Waals surface area (Å²) >= 11 is 0. The minimum atomic E-state index is -4.53. The van der Waals surface area contributed by atoms with Crippen molar-refractivity contribution in [3.63, 3.8) is 0 Å². The molecule has 56 heavy (non-hydrogen) atoms. The van der Waals surface area contributed by atoms with Crippen molar-refractivity contribution in [1.29, 1.82) is 0 Å². The Labute approximate surface area is 342 Å². The number of aliphatic hydroxyl groups is 2. The monoisotopic (exact) mass is 811 g/mol.